The third kappa shape index (κ3) is 4.11. The average Bonchev–Trinajstić information content (AvgIpc) is 3.12. The molecule has 2 aromatic heterocycles. The monoisotopic (exact) mass is 393 g/mol. The molecule has 2 aromatic rings. The van der Waals surface area contributed by atoms with Gasteiger partial charge in [0.25, 0.3) is 0 Å². The van der Waals surface area contributed by atoms with E-state index in [1.807, 2.05) is 13.8 Å². The van der Waals surface area contributed by atoms with Gasteiger partial charge in [-0.15, -0.1) is 0 Å². The number of ether oxygens (including phenoxy) is 1. The minimum Gasteiger partial charge on any atom is -0.478 e. The number of nitrogens with zero attached hydrogens (tertiary/aromatic N) is 4. The van der Waals surface area contributed by atoms with Gasteiger partial charge in [-0.1, -0.05) is 0 Å². The molecule has 3 rings (SSSR count). The molecule has 0 saturated carbocycles. The predicted octanol–water partition coefficient (Wildman–Crippen LogP) is 1.17. The number of nitrogens with one attached hydrogen (secondary N) is 1. The van der Waals surface area contributed by atoms with E-state index >= 15 is 0 Å². The van der Waals surface area contributed by atoms with Crippen LogP contribution in [0.25, 0.3) is 0 Å². The molecule has 27 heavy (non-hydrogen) atoms. The van der Waals surface area contributed by atoms with Crippen LogP contribution in [0.2, 0.25) is 0 Å². The number of rotatable bonds is 7. The van der Waals surface area contributed by atoms with Gasteiger partial charge in [-0.05, 0) is 32.8 Å². The third-order valence-corrected chi connectivity index (χ3v) is 5.77. The van der Waals surface area contributed by atoms with E-state index in [1.54, 1.807) is 21.8 Å². The Morgan fingerprint density at radius 3 is 2.78 bits per heavy atom. The second-order valence-corrected chi connectivity index (χ2v) is 7.79. The topological polar surface area (TPSA) is 106 Å². The van der Waals surface area contributed by atoms with E-state index in [2.05, 4.69) is 14.8 Å². The number of carbonyl (C=O) groups is 1. The first-order chi connectivity index (χ1) is 13.0. The van der Waals surface area contributed by atoms with Crippen LogP contribution in [-0.2, 0) is 21.4 Å². The third-order valence-electron chi connectivity index (χ3n) is 4.32. The maximum Gasteiger partial charge on any atom is 0.246 e. The van der Waals surface area contributed by atoms with Gasteiger partial charge < -0.3 is 4.74 Å². The summed E-state index contributed by atoms with van der Waals surface area (Å²) < 4.78 is 34.8. The highest BCUT2D eigenvalue weighted by Gasteiger charge is 2.34. The van der Waals surface area contributed by atoms with Crippen LogP contribution in [0.3, 0.4) is 0 Å². The molecule has 1 aliphatic heterocycles. The van der Waals surface area contributed by atoms with Gasteiger partial charge in [-0.25, -0.2) is 18.1 Å². The summed E-state index contributed by atoms with van der Waals surface area (Å²) in [7, 11) is -3.87. The van der Waals surface area contributed by atoms with E-state index in [0.29, 0.717) is 44.2 Å². The Kier molecular flexibility index (Phi) is 5.76. The molecule has 0 spiro atoms. The van der Waals surface area contributed by atoms with Gasteiger partial charge in [0.05, 0.1) is 19.0 Å². The number of anilines is 1. The van der Waals surface area contributed by atoms with Crippen molar-refractivity contribution < 1.29 is 17.9 Å². The molecule has 1 N–H and O–H groups in total. The molecule has 1 fully saturated rings. The number of piperidine rings is 1. The highest BCUT2D eigenvalue weighted by Crippen LogP contribution is 2.22. The SMILES string of the molecule is CCOc1ccc(S(=O)(=O)N[C@@H]2CCCN(c3ccnn3CC)C2=O)cn1. The molecule has 1 saturated heterocycles. The maximum absolute atomic E-state index is 12.9. The number of hydrogen-bond acceptors (Lipinski definition) is 6. The zero-order chi connectivity index (χ0) is 19.4. The first-order valence-electron chi connectivity index (χ1n) is 8.90. The fourth-order valence-corrected chi connectivity index (χ4v) is 4.19. The molecular formula is C17H23N5O4S. The van der Waals surface area contributed by atoms with Gasteiger partial charge in [-0.2, -0.15) is 9.82 Å². The molecule has 0 unspecified atom stereocenters. The Morgan fingerprint density at radius 1 is 1.30 bits per heavy atom. The Morgan fingerprint density at radius 2 is 2.11 bits per heavy atom. The molecule has 0 aromatic carbocycles. The number of pyridine rings is 1. The van der Waals surface area contributed by atoms with Gasteiger partial charge in [0.1, 0.15) is 16.8 Å². The van der Waals surface area contributed by atoms with Gasteiger partial charge in [0.2, 0.25) is 21.8 Å². The Labute approximate surface area is 158 Å². The van der Waals surface area contributed by atoms with Crippen LogP contribution in [0.4, 0.5) is 5.82 Å². The summed E-state index contributed by atoms with van der Waals surface area (Å²) in [6.45, 7) is 5.36. The van der Waals surface area contributed by atoms with Gasteiger partial charge >= 0.3 is 0 Å². The minimum atomic E-state index is -3.87. The summed E-state index contributed by atoms with van der Waals surface area (Å²) in [6, 6.07) is 3.84. The molecule has 1 amide bonds. The summed E-state index contributed by atoms with van der Waals surface area (Å²) in [4.78, 5) is 18.4. The summed E-state index contributed by atoms with van der Waals surface area (Å²) in [5.74, 6) is 0.747. The quantitative estimate of drug-likeness (QED) is 0.757. The standard InChI is InChI=1S/C17H23N5O4S/c1-3-22-16(9-10-19-22)21-11-5-6-14(17(21)23)20-27(24,25)13-7-8-15(18-12-13)26-4-2/h7-10,12,14,20H,3-6,11H2,1-2H3/t14-/m1/s1. The highest BCUT2D eigenvalue weighted by atomic mass is 32.2. The molecule has 10 heteroatoms. The van der Waals surface area contributed by atoms with Crippen molar-refractivity contribution in [2.24, 2.45) is 0 Å². The van der Waals surface area contributed by atoms with Crippen molar-refractivity contribution in [1.82, 2.24) is 19.5 Å². The van der Waals surface area contributed by atoms with Crippen molar-refractivity contribution in [2.75, 3.05) is 18.1 Å². The van der Waals surface area contributed by atoms with Crippen LogP contribution >= 0.6 is 0 Å². The van der Waals surface area contributed by atoms with Crippen molar-refractivity contribution >= 4 is 21.7 Å². The van der Waals surface area contributed by atoms with Crippen molar-refractivity contribution in [3.8, 4) is 5.88 Å². The van der Waals surface area contributed by atoms with Crippen LogP contribution in [0.1, 0.15) is 26.7 Å². The summed E-state index contributed by atoms with van der Waals surface area (Å²) in [5.41, 5.74) is 0. The Hall–Kier alpha value is -2.46. The molecule has 146 valence electrons. The first-order valence-corrected chi connectivity index (χ1v) is 10.4. The highest BCUT2D eigenvalue weighted by molar-refractivity contribution is 7.89. The lowest BCUT2D eigenvalue weighted by atomic mass is 10.1. The van der Waals surface area contributed by atoms with Crippen LogP contribution < -0.4 is 14.4 Å². The van der Waals surface area contributed by atoms with Crippen molar-refractivity contribution in [3.05, 3.63) is 30.6 Å². The van der Waals surface area contributed by atoms with Crippen LogP contribution in [-0.4, -0.2) is 48.3 Å². The number of aryl methyl sites for hydroxylation is 1. The maximum atomic E-state index is 12.9. The smallest absolute Gasteiger partial charge is 0.246 e. The van der Waals surface area contributed by atoms with Crippen molar-refractivity contribution in [3.63, 3.8) is 0 Å². The number of sulfonamides is 1. The van der Waals surface area contributed by atoms with Gasteiger partial charge in [-0.3, -0.25) is 9.69 Å². The van der Waals surface area contributed by atoms with Crippen LogP contribution in [0.15, 0.2) is 35.5 Å². The normalized spacial score (nSPS) is 17.9. The predicted molar refractivity (Wildman–Crippen MR) is 99.0 cm³/mol. The lowest BCUT2D eigenvalue weighted by Crippen LogP contribution is -2.52. The average molecular weight is 393 g/mol. The van der Waals surface area contributed by atoms with E-state index in [9.17, 15) is 13.2 Å². The van der Waals surface area contributed by atoms with Gasteiger partial charge in [0, 0.05) is 25.2 Å². The number of aromatic nitrogens is 3. The van der Waals surface area contributed by atoms with E-state index in [0.717, 1.165) is 0 Å². The molecule has 0 aliphatic carbocycles. The van der Waals surface area contributed by atoms with E-state index in [1.165, 1.54) is 18.3 Å². The molecular weight excluding hydrogens is 370 g/mol. The number of amides is 1. The fourth-order valence-electron chi connectivity index (χ4n) is 3.02. The van der Waals surface area contributed by atoms with E-state index in [4.69, 9.17) is 4.74 Å². The Bertz CT molecular complexity index is 894. The second-order valence-electron chi connectivity index (χ2n) is 6.08. The minimum absolute atomic E-state index is 0.00511. The second kappa shape index (κ2) is 8.05. The molecule has 3 heterocycles. The largest absolute Gasteiger partial charge is 0.478 e. The van der Waals surface area contributed by atoms with E-state index < -0.39 is 16.1 Å². The lowest BCUT2D eigenvalue weighted by molar-refractivity contribution is -0.121. The molecule has 0 bridgehead atoms. The summed E-state index contributed by atoms with van der Waals surface area (Å²) in [5, 5.41) is 4.18. The lowest BCUT2D eigenvalue weighted by Gasteiger charge is -2.32. The molecule has 1 aliphatic rings. The number of carbonyl (C=O) groups excluding carboxylic acids is 1. The number of hydrogen-bond donors (Lipinski definition) is 1. The Balaban J connectivity index is 1.76. The van der Waals surface area contributed by atoms with Crippen molar-refractivity contribution in [1.29, 1.82) is 0 Å². The molecule has 9 nitrogen and oxygen atoms in total. The first kappa shape index (κ1) is 19.3. The van der Waals surface area contributed by atoms with Crippen LogP contribution in [0, 0.1) is 0 Å². The zero-order valence-corrected chi connectivity index (χ0v) is 16.1. The van der Waals surface area contributed by atoms with E-state index in [-0.39, 0.29) is 10.8 Å². The van der Waals surface area contributed by atoms with Gasteiger partial charge in [0.15, 0.2) is 0 Å². The summed E-state index contributed by atoms with van der Waals surface area (Å²) in [6.07, 6.45) is 3.99. The molecule has 1 atom stereocenters. The fraction of sp³-hybridized carbons (Fsp3) is 0.471. The molecule has 0 radical (unpaired) electrons. The zero-order valence-electron chi connectivity index (χ0n) is 15.3. The summed E-state index contributed by atoms with van der Waals surface area (Å²) >= 11 is 0. The van der Waals surface area contributed by atoms with Crippen LogP contribution in [0.5, 0.6) is 5.88 Å². The van der Waals surface area contributed by atoms with Crippen molar-refractivity contribution in [2.45, 2.75) is 44.2 Å².